The van der Waals surface area contributed by atoms with Crippen molar-refractivity contribution in [2.75, 3.05) is 44.9 Å². The van der Waals surface area contributed by atoms with E-state index >= 15 is 0 Å². The maximum absolute atomic E-state index is 14.1. The first-order chi connectivity index (χ1) is 19.4. The van der Waals surface area contributed by atoms with Crippen molar-refractivity contribution in [3.63, 3.8) is 0 Å². The minimum absolute atomic E-state index is 0.140. The van der Waals surface area contributed by atoms with Crippen LogP contribution < -0.4 is 10.1 Å². The van der Waals surface area contributed by atoms with E-state index in [4.69, 9.17) is 9.47 Å². The van der Waals surface area contributed by atoms with Gasteiger partial charge < -0.3 is 24.8 Å². The fourth-order valence-corrected chi connectivity index (χ4v) is 5.06. The van der Waals surface area contributed by atoms with E-state index in [0.29, 0.717) is 23.6 Å². The van der Waals surface area contributed by atoms with E-state index in [9.17, 15) is 23.1 Å². The smallest absolute Gasteiger partial charge is 0.258 e. The lowest BCUT2D eigenvalue weighted by Crippen LogP contribution is -2.47. The first-order valence-corrected chi connectivity index (χ1v) is 15.9. The zero-order chi connectivity index (χ0) is 30.2. The van der Waals surface area contributed by atoms with E-state index in [2.05, 4.69) is 5.32 Å². The number of aliphatic hydroxyl groups excluding tert-OH is 1. The Morgan fingerprint density at radius 3 is 2.54 bits per heavy atom. The van der Waals surface area contributed by atoms with Gasteiger partial charge in [-0.1, -0.05) is 25.1 Å². The molecule has 1 aliphatic heterocycles. The number of sulfonamides is 1. The lowest BCUT2D eigenvalue weighted by Gasteiger charge is -2.35. The van der Waals surface area contributed by atoms with Crippen LogP contribution in [-0.4, -0.2) is 92.4 Å². The maximum Gasteiger partial charge on any atom is 0.258 e. The number of benzene rings is 2. The van der Waals surface area contributed by atoms with Crippen molar-refractivity contribution in [1.82, 2.24) is 9.21 Å². The van der Waals surface area contributed by atoms with E-state index in [1.165, 1.54) is 11.4 Å². The van der Waals surface area contributed by atoms with Crippen LogP contribution in [-0.2, 0) is 14.8 Å². The lowest BCUT2D eigenvalue weighted by molar-refractivity contribution is -0.00828. The number of anilines is 1. The summed E-state index contributed by atoms with van der Waals surface area (Å²) in [5.41, 5.74) is 1.18. The molecule has 0 saturated heterocycles. The van der Waals surface area contributed by atoms with Crippen molar-refractivity contribution in [3.8, 4) is 5.75 Å². The number of hydrogen-bond donors (Lipinski definition) is 2. The normalized spacial score (nSPS) is 21.9. The molecule has 1 heterocycles. The molecule has 0 radical (unpaired) electrons. The highest BCUT2D eigenvalue weighted by Gasteiger charge is 2.31. The average Bonchev–Trinajstić information content (AvgIpc) is 2.94. The van der Waals surface area contributed by atoms with Crippen LogP contribution in [0, 0.1) is 5.92 Å². The molecule has 0 fully saturated rings. The zero-order valence-corrected chi connectivity index (χ0v) is 25.4. The number of amides is 2. The summed E-state index contributed by atoms with van der Waals surface area (Å²) >= 11 is 0. The topological polar surface area (TPSA) is 125 Å². The monoisotopic (exact) mass is 589 g/mol. The Balaban J connectivity index is 1.99. The van der Waals surface area contributed by atoms with Crippen molar-refractivity contribution >= 4 is 27.5 Å². The van der Waals surface area contributed by atoms with E-state index < -0.39 is 22.2 Å². The minimum atomic E-state index is -3.43. The minimum Gasteiger partial charge on any atom is -0.490 e. The Morgan fingerprint density at radius 1 is 1.17 bits per heavy atom. The highest BCUT2D eigenvalue weighted by molar-refractivity contribution is 7.88. The molecule has 11 heteroatoms. The van der Waals surface area contributed by atoms with Gasteiger partial charge in [0.15, 0.2) is 0 Å². The lowest BCUT2D eigenvalue weighted by atomic mass is 10.0. The van der Waals surface area contributed by atoms with Crippen molar-refractivity contribution in [3.05, 3.63) is 59.7 Å². The van der Waals surface area contributed by atoms with Crippen LogP contribution in [0.15, 0.2) is 48.5 Å². The van der Waals surface area contributed by atoms with E-state index in [-0.39, 0.29) is 49.1 Å². The van der Waals surface area contributed by atoms with Crippen LogP contribution in [0.2, 0.25) is 0 Å². The standard InChI is InChI=1S/C30H43N3O7S/c1-21-18-33(22(2)20-34)30(36)26-17-25(31-29(35)24-12-7-6-8-13-24)14-15-27(26)40-23(3)11-9-10-16-39-28(21)19-32(4)41(5,37)38/h6-8,12-15,17,21-23,28,34H,9-11,16,18-20H2,1-5H3,(H,31,35)/t21-,22-,23+,28-/m0/s1. The van der Waals surface area contributed by atoms with E-state index in [0.717, 1.165) is 25.5 Å². The number of likely N-dealkylation sites (N-methyl/N-ethyl adjacent to an activating group) is 1. The highest BCUT2D eigenvalue weighted by atomic mass is 32.2. The molecule has 2 amide bonds. The number of rotatable bonds is 7. The van der Waals surface area contributed by atoms with Gasteiger partial charge in [0.25, 0.3) is 11.8 Å². The molecule has 1 aliphatic rings. The third kappa shape index (κ3) is 9.26. The fourth-order valence-electron chi connectivity index (χ4n) is 4.64. The van der Waals surface area contributed by atoms with Gasteiger partial charge in [0.2, 0.25) is 10.0 Å². The number of fused-ring (bicyclic) bond motifs is 1. The van der Waals surface area contributed by atoms with Crippen molar-refractivity contribution < 1.29 is 32.6 Å². The predicted octanol–water partition coefficient (Wildman–Crippen LogP) is 3.63. The Morgan fingerprint density at radius 2 is 1.88 bits per heavy atom. The summed E-state index contributed by atoms with van der Waals surface area (Å²) in [6.45, 7) is 6.11. The van der Waals surface area contributed by atoms with Gasteiger partial charge in [-0.15, -0.1) is 0 Å². The largest absolute Gasteiger partial charge is 0.490 e. The van der Waals surface area contributed by atoms with Crippen LogP contribution in [0.4, 0.5) is 5.69 Å². The summed E-state index contributed by atoms with van der Waals surface area (Å²) in [4.78, 5) is 28.5. The Hall–Kier alpha value is -2.99. The summed E-state index contributed by atoms with van der Waals surface area (Å²) in [7, 11) is -1.92. The molecule has 0 saturated carbocycles. The van der Waals surface area contributed by atoms with Gasteiger partial charge >= 0.3 is 0 Å². The number of carbonyl (C=O) groups excluding carboxylic acids is 2. The quantitative estimate of drug-likeness (QED) is 0.505. The molecule has 0 spiro atoms. The average molecular weight is 590 g/mol. The molecule has 41 heavy (non-hydrogen) atoms. The van der Waals surface area contributed by atoms with E-state index in [1.54, 1.807) is 54.3 Å². The first kappa shape index (κ1) is 32.5. The van der Waals surface area contributed by atoms with E-state index in [1.807, 2.05) is 19.9 Å². The van der Waals surface area contributed by atoms with Crippen LogP contribution in [0.5, 0.6) is 5.75 Å². The predicted molar refractivity (Wildman–Crippen MR) is 159 cm³/mol. The number of aliphatic hydroxyl groups is 1. The molecule has 0 aliphatic carbocycles. The van der Waals surface area contributed by atoms with Crippen LogP contribution in [0.3, 0.4) is 0 Å². The Labute approximate surface area is 243 Å². The number of carbonyl (C=O) groups is 2. The Kier molecular flexibility index (Phi) is 11.7. The molecule has 2 N–H and O–H groups in total. The second-order valence-corrected chi connectivity index (χ2v) is 13.0. The van der Waals surface area contributed by atoms with Gasteiger partial charge in [0.05, 0.1) is 36.7 Å². The van der Waals surface area contributed by atoms with Crippen LogP contribution in [0.25, 0.3) is 0 Å². The summed E-state index contributed by atoms with van der Waals surface area (Å²) in [5.74, 6) is -0.546. The number of hydrogen-bond acceptors (Lipinski definition) is 7. The zero-order valence-electron chi connectivity index (χ0n) is 24.6. The molecule has 10 nitrogen and oxygen atoms in total. The molecule has 226 valence electrons. The van der Waals surface area contributed by atoms with Gasteiger partial charge in [-0.3, -0.25) is 9.59 Å². The number of nitrogens with zero attached hydrogens (tertiary/aromatic N) is 2. The van der Waals surface area contributed by atoms with Crippen LogP contribution in [0.1, 0.15) is 60.7 Å². The molecule has 0 unspecified atom stereocenters. The maximum atomic E-state index is 14.1. The molecular formula is C30H43N3O7S. The molecule has 3 rings (SSSR count). The summed E-state index contributed by atoms with van der Waals surface area (Å²) in [6, 6.07) is 13.2. The molecule has 4 atom stereocenters. The number of ether oxygens (including phenoxy) is 2. The molecule has 0 bridgehead atoms. The third-order valence-corrected chi connectivity index (χ3v) is 8.63. The fraction of sp³-hybridized carbons (Fsp3) is 0.533. The molecule has 0 aromatic heterocycles. The molecule has 2 aromatic rings. The van der Waals surface area contributed by atoms with Gasteiger partial charge in [0.1, 0.15) is 5.75 Å². The first-order valence-electron chi connectivity index (χ1n) is 14.0. The van der Waals surface area contributed by atoms with Gasteiger partial charge in [-0.25, -0.2) is 12.7 Å². The van der Waals surface area contributed by atoms with Crippen molar-refractivity contribution in [2.24, 2.45) is 5.92 Å². The highest BCUT2D eigenvalue weighted by Crippen LogP contribution is 2.29. The third-order valence-electron chi connectivity index (χ3n) is 7.35. The SMILES string of the molecule is C[C@@H]1CCCCO[C@@H](CN(C)S(C)(=O)=O)[C@@H](C)CN([C@@H](C)CO)C(=O)c2cc(NC(=O)c3ccccc3)ccc2O1. The van der Waals surface area contributed by atoms with Gasteiger partial charge in [0, 0.05) is 43.9 Å². The van der Waals surface area contributed by atoms with Gasteiger partial charge in [-0.2, -0.15) is 0 Å². The Bertz CT molecular complexity index is 1270. The molecule has 2 aromatic carbocycles. The number of nitrogens with one attached hydrogen (secondary N) is 1. The molecular weight excluding hydrogens is 546 g/mol. The summed E-state index contributed by atoms with van der Waals surface area (Å²) < 4.78 is 37.9. The van der Waals surface area contributed by atoms with Crippen molar-refractivity contribution in [1.29, 1.82) is 0 Å². The second-order valence-electron chi connectivity index (χ2n) is 10.9. The van der Waals surface area contributed by atoms with Crippen molar-refractivity contribution in [2.45, 2.75) is 58.3 Å². The second kappa shape index (κ2) is 14.8. The summed E-state index contributed by atoms with van der Waals surface area (Å²) in [5, 5.41) is 12.9. The van der Waals surface area contributed by atoms with Gasteiger partial charge in [-0.05, 0) is 63.4 Å². The summed E-state index contributed by atoms with van der Waals surface area (Å²) in [6.07, 6.45) is 2.81. The van der Waals surface area contributed by atoms with Crippen LogP contribution >= 0.6 is 0 Å².